The van der Waals surface area contributed by atoms with Crippen LogP contribution in [-0.2, 0) is 16.0 Å². The summed E-state index contributed by atoms with van der Waals surface area (Å²) in [7, 11) is 0. The summed E-state index contributed by atoms with van der Waals surface area (Å²) in [5, 5.41) is 13.9. The summed E-state index contributed by atoms with van der Waals surface area (Å²) >= 11 is 0. The van der Waals surface area contributed by atoms with Crippen molar-refractivity contribution in [3.8, 4) is 0 Å². The average Bonchev–Trinajstić information content (AvgIpc) is 2.36. The number of anilines is 1. The van der Waals surface area contributed by atoms with Crippen LogP contribution in [0.15, 0.2) is 24.3 Å². The van der Waals surface area contributed by atoms with Crippen LogP contribution in [0, 0.1) is 0 Å². The first-order chi connectivity index (χ1) is 8.54. The zero-order valence-corrected chi connectivity index (χ0v) is 10.6. The maximum Gasteiger partial charge on any atom is 0.313 e. The van der Waals surface area contributed by atoms with Gasteiger partial charge in [0.2, 0.25) is 0 Å². The third-order valence-electron chi connectivity index (χ3n) is 2.41. The topological polar surface area (TPSA) is 78.4 Å². The van der Waals surface area contributed by atoms with Gasteiger partial charge in [-0.3, -0.25) is 9.59 Å². The van der Waals surface area contributed by atoms with Crippen molar-refractivity contribution in [3.05, 3.63) is 29.8 Å². The lowest BCUT2D eigenvalue weighted by Gasteiger charge is -2.10. The molecule has 18 heavy (non-hydrogen) atoms. The SMILES string of the molecule is CCc1ccccc1NC(=O)C(=O)NCC(C)O. The summed E-state index contributed by atoms with van der Waals surface area (Å²) in [5.41, 5.74) is 1.60. The van der Waals surface area contributed by atoms with Crippen LogP contribution in [0.4, 0.5) is 5.69 Å². The van der Waals surface area contributed by atoms with Crippen LogP contribution in [0.5, 0.6) is 0 Å². The van der Waals surface area contributed by atoms with E-state index in [2.05, 4.69) is 10.6 Å². The second-order valence-corrected chi connectivity index (χ2v) is 4.02. The molecule has 0 aliphatic rings. The van der Waals surface area contributed by atoms with E-state index in [1.54, 1.807) is 12.1 Å². The summed E-state index contributed by atoms with van der Waals surface area (Å²) in [4.78, 5) is 23.0. The number of carbonyl (C=O) groups is 2. The Hall–Kier alpha value is -1.88. The fourth-order valence-electron chi connectivity index (χ4n) is 1.45. The summed E-state index contributed by atoms with van der Waals surface area (Å²) < 4.78 is 0. The normalized spacial score (nSPS) is 11.7. The molecule has 1 rings (SSSR count). The minimum atomic E-state index is -0.748. The highest BCUT2D eigenvalue weighted by Crippen LogP contribution is 2.14. The predicted molar refractivity (Wildman–Crippen MR) is 69.1 cm³/mol. The van der Waals surface area contributed by atoms with Crippen LogP contribution < -0.4 is 10.6 Å². The molecule has 1 atom stereocenters. The Balaban J connectivity index is 2.61. The molecule has 5 nitrogen and oxygen atoms in total. The minimum absolute atomic E-state index is 0.0572. The van der Waals surface area contributed by atoms with E-state index >= 15 is 0 Å². The van der Waals surface area contributed by atoms with Crippen molar-refractivity contribution in [2.75, 3.05) is 11.9 Å². The Morgan fingerprint density at radius 2 is 1.94 bits per heavy atom. The van der Waals surface area contributed by atoms with E-state index in [4.69, 9.17) is 5.11 Å². The molecule has 0 radical (unpaired) electrons. The second kappa shape index (κ2) is 6.76. The van der Waals surface area contributed by atoms with Gasteiger partial charge in [-0.05, 0) is 25.0 Å². The molecule has 1 aromatic carbocycles. The molecule has 0 aliphatic carbocycles. The lowest BCUT2D eigenvalue weighted by atomic mass is 10.1. The van der Waals surface area contributed by atoms with Gasteiger partial charge in [0.15, 0.2) is 0 Å². The van der Waals surface area contributed by atoms with Gasteiger partial charge in [0.1, 0.15) is 0 Å². The molecule has 0 spiro atoms. The van der Waals surface area contributed by atoms with Gasteiger partial charge in [0.25, 0.3) is 0 Å². The third kappa shape index (κ3) is 4.18. The summed E-state index contributed by atoms with van der Waals surface area (Å²) in [6.07, 6.45) is 0.0934. The van der Waals surface area contributed by atoms with Crippen LogP contribution in [0.3, 0.4) is 0 Å². The Morgan fingerprint density at radius 1 is 1.28 bits per heavy atom. The van der Waals surface area contributed by atoms with Gasteiger partial charge in [-0.2, -0.15) is 0 Å². The van der Waals surface area contributed by atoms with E-state index in [-0.39, 0.29) is 6.54 Å². The number of hydrogen-bond acceptors (Lipinski definition) is 3. The van der Waals surface area contributed by atoms with Crippen molar-refractivity contribution in [1.29, 1.82) is 0 Å². The van der Waals surface area contributed by atoms with Crippen molar-refractivity contribution in [2.24, 2.45) is 0 Å². The van der Waals surface area contributed by atoms with E-state index in [1.165, 1.54) is 6.92 Å². The van der Waals surface area contributed by atoms with Gasteiger partial charge < -0.3 is 15.7 Å². The van der Waals surface area contributed by atoms with Gasteiger partial charge in [0.05, 0.1) is 6.10 Å². The average molecular weight is 250 g/mol. The van der Waals surface area contributed by atoms with E-state index in [0.29, 0.717) is 5.69 Å². The Kier molecular flexibility index (Phi) is 5.32. The van der Waals surface area contributed by atoms with Gasteiger partial charge in [-0.15, -0.1) is 0 Å². The molecule has 0 heterocycles. The highest BCUT2D eigenvalue weighted by Gasteiger charge is 2.14. The zero-order chi connectivity index (χ0) is 13.5. The number of aliphatic hydroxyl groups is 1. The fraction of sp³-hybridized carbons (Fsp3) is 0.385. The molecule has 0 bridgehead atoms. The summed E-state index contributed by atoms with van der Waals surface area (Å²) in [6, 6.07) is 7.31. The number of amides is 2. The van der Waals surface area contributed by atoms with Crippen LogP contribution in [0.1, 0.15) is 19.4 Å². The molecule has 2 amide bonds. The fourth-order valence-corrected chi connectivity index (χ4v) is 1.45. The van der Waals surface area contributed by atoms with Gasteiger partial charge >= 0.3 is 11.8 Å². The van der Waals surface area contributed by atoms with Gasteiger partial charge in [0, 0.05) is 12.2 Å². The number of nitrogens with one attached hydrogen (secondary N) is 2. The summed E-state index contributed by atoms with van der Waals surface area (Å²) in [6.45, 7) is 3.56. The molecular weight excluding hydrogens is 232 g/mol. The van der Waals surface area contributed by atoms with Crippen LogP contribution in [0.2, 0.25) is 0 Å². The number of hydrogen-bond donors (Lipinski definition) is 3. The maximum atomic E-state index is 11.6. The zero-order valence-electron chi connectivity index (χ0n) is 10.6. The predicted octanol–water partition coefficient (Wildman–Crippen LogP) is 0.684. The van der Waals surface area contributed by atoms with Crippen molar-refractivity contribution in [1.82, 2.24) is 5.32 Å². The van der Waals surface area contributed by atoms with E-state index < -0.39 is 17.9 Å². The first-order valence-electron chi connectivity index (χ1n) is 5.89. The van der Waals surface area contributed by atoms with Crippen LogP contribution in [0.25, 0.3) is 0 Å². The molecule has 3 N–H and O–H groups in total. The molecular formula is C13H18N2O3. The van der Waals surface area contributed by atoms with Crippen molar-refractivity contribution in [2.45, 2.75) is 26.4 Å². The Bertz CT molecular complexity index is 430. The number of aryl methyl sites for hydroxylation is 1. The number of benzene rings is 1. The quantitative estimate of drug-likeness (QED) is 0.688. The lowest BCUT2D eigenvalue weighted by Crippen LogP contribution is -2.38. The summed E-state index contributed by atoms with van der Waals surface area (Å²) in [5.74, 6) is -1.47. The van der Waals surface area contributed by atoms with E-state index in [0.717, 1.165) is 12.0 Å². The number of aliphatic hydroxyl groups excluding tert-OH is 1. The van der Waals surface area contributed by atoms with Gasteiger partial charge in [-0.1, -0.05) is 25.1 Å². The number of rotatable bonds is 4. The maximum absolute atomic E-state index is 11.6. The number of carbonyl (C=O) groups excluding carboxylic acids is 2. The van der Waals surface area contributed by atoms with Crippen molar-refractivity contribution < 1.29 is 14.7 Å². The standard InChI is InChI=1S/C13H18N2O3/c1-3-10-6-4-5-7-11(10)15-13(18)12(17)14-8-9(2)16/h4-7,9,16H,3,8H2,1-2H3,(H,14,17)(H,15,18). The first-order valence-corrected chi connectivity index (χ1v) is 5.89. The largest absolute Gasteiger partial charge is 0.392 e. The first kappa shape index (κ1) is 14.2. The molecule has 0 fully saturated rings. The van der Waals surface area contributed by atoms with Crippen molar-refractivity contribution >= 4 is 17.5 Å². The highest BCUT2D eigenvalue weighted by molar-refractivity contribution is 6.39. The Morgan fingerprint density at radius 3 is 2.56 bits per heavy atom. The molecule has 98 valence electrons. The van der Waals surface area contributed by atoms with Crippen molar-refractivity contribution in [3.63, 3.8) is 0 Å². The van der Waals surface area contributed by atoms with Gasteiger partial charge in [-0.25, -0.2) is 0 Å². The van der Waals surface area contributed by atoms with Crippen LogP contribution >= 0.6 is 0 Å². The molecule has 5 heteroatoms. The molecule has 0 saturated heterocycles. The third-order valence-corrected chi connectivity index (χ3v) is 2.41. The molecule has 0 aliphatic heterocycles. The van der Waals surface area contributed by atoms with Crippen LogP contribution in [-0.4, -0.2) is 29.6 Å². The molecule has 0 aromatic heterocycles. The molecule has 0 saturated carbocycles. The molecule has 1 unspecified atom stereocenters. The second-order valence-electron chi connectivity index (χ2n) is 4.02. The minimum Gasteiger partial charge on any atom is -0.392 e. The Labute approximate surface area is 106 Å². The highest BCUT2D eigenvalue weighted by atomic mass is 16.3. The number of para-hydroxylation sites is 1. The molecule has 1 aromatic rings. The van der Waals surface area contributed by atoms with E-state index in [1.807, 2.05) is 19.1 Å². The lowest BCUT2D eigenvalue weighted by molar-refractivity contribution is -0.136. The van der Waals surface area contributed by atoms with E-state index in [9.17, 15) is 9.59 Å². The smallest absolute Gasteiger partial charge is 0.313 e. The monoisotopic (exact) mass is 250 g/mol.